The Hall–Kier alpha value is -2.02. The molecule has 0 spiro atoms. The standard InChI is InChI=1S/C19H18O/c1-13-5-4-6-14(11-13)15-9-10-19-17(12-15)16-7-2-3-8-18(16)20-19/h3-5,8-12,14H,2,6-7H2,1H3. The number of fused-ring (bicyclic) bond motifs is 3. The van der Waals surface area contributed by atoms with E-state index in [1.165, 1.54) is 22.1 Å². The molecule has 0 radical (unpaired) electrons. The first-order chi connectivity index (χ1) is 9.81. The Morgan fingerprint density at radius 1 is 1.15 bits per heavy atom. The van der Waals surface area contributed by atoms with Gasteiger partial charge in [-0.05, 0) is 50.0 Å². The Morgan fingerprint density at radius 3 is 3.00 bits per heavy atom. The maximum absolute atomic E-state index is 5.94. The molecule has 0 aliphatic heterocycles. The molecular formula is C19H18O. The van der Waals surface area contributed by atoms with Gasteiger partial charge in [-0.15, -0.1) is 0 Å². The van der Waals surface area contributed by atoms with Gasteiger partial charge in [0.15, 0.2) is 0 Å². The van der Waals surface area contributed by atoms with Crippen LogP contribution in [0.3, 0.4) is 0 Å². The van der Waals surface area contributed by atoms with Crippen LogP contribution in [0, 0.1) is 0 Å². The molecule has 1 aromatic heterocycles. The molecule has 0 N–H and O–H groups in total. The molecule has 1 unspecified atom stereocenters. The van der Waals surface area contributed by atoms with Gasteiger partial charge < -0.3 is 4.42 Å². The third-order valence-electron chi connectivity index (χ3n) is 4.34. The van der Waals surface area contributed by atoms with Crippen molar-refractivity contribution in [2.75, 3.05) is 0 Å². The van der Waals surface area contributed by atoms with Crippen LogP contribution < -0.4 is 0 Å². The lowest BCUT2D eigenvalue weighted by molar-refractivity contribution is 0.595. The fraction of sp³-hybridized carbons (Fsp3) is 0.263. The van der Waals surface area contributed by atoms with E-state index in [2.05, 4.69) is 55.5 Å². The number of rotatable bonds is 1. The summed E-state index contributed by atoms with van der Waals surface area (Å²) in [6, 6.07) is 6.69. The van der Waals surface area contributed by atoms with Crippen LogP contribution in [0.4, 0.5) is 0 Å². The lowest BCUT2D eigenvalue weighted by atomic mass is 9.89. The summed E-state index contributed by atoms with van der Waals surface area (Å²) in [5.41, 5.74) is 5.17. The molecule has 1 atom stereocenters. The minimum Gasteiger partial charge on any atom is -0.456 e. The average Bonchev–Trinajstić information content (AvgIpc) is 2.85. The Kier molecular flexibility index (Phi) is 2.66. The van der Waals surface area contributed by atoms with E-state index < -0.39 is 0 Å². The number of aryl methyl sites for hydroxylation is 1. The van der Waals surface area contributed by atoms with E-state index in [-0.39, 0.29) is 0 Å². The number of benzene rings is 1. The summed E-state index contributed by atoms with van der Waals surface area (Å²) in [5.74, 6) is 1.56. The molecule has 0 saturated heterocycles. The number of hydrogen-bond donors (Lipinski definition) is 0. The smallest absolute Gasteiger partial charge is 0.135 e. The third-order valence-corrected chi connectivity index (χ3v) is 4.34. The number of hydrogen-bond acceptors (Lipinski definition) is 1. The first-order valence-corrected chi connectivity index (χ1v) is 7.38. The normalized spacial score (nSPS) is 21.1. The Bertz CT molecular complexity index is 755. The SMILES string of the molecule is CC1=CC(c2ccc3oc4c(c3c2)CCC=C4)CC=C1. The molecule has 1 aromatic carbocycles. The number of allylic oxidation sites excluding steroid dienone is 5. The van der Waals surface area contributed by atoms with Gasteiger partial charge in [-0.1, -0.05) is 35.9 Å². The van der Waals surface area contributed by atoms with Crippen molar-refractivity contribution >= 4 is 17.0 Å². The van der Waals surface area contributed by atoms with Gasteiger partial charge in [-0.3, -0.25) is 0 Å². The quantitative estimate of drug-likeness (QED) is 0.672. The maximum Gasteiger partial charge on any atom is 0.135 e. The average molecular weight is 262 g/mol. The lowest BCUT2D eigenvalue weighted by Gasteiger charge is -2.15. The zero-order valence-corrected chi connectivity index (χ0v) is 11.7. The zero-order chi connectivity index (χ0) is 13.5. The van der Waals surface area contributed by atoms with Gasteiger partial charge in [0, 0.05) is 16.9 Å². The van der Waals surface area contributed by atoms with E-state index in [1.54, 1.807) is 0 Å². The Balaban J connectivity index is 1.82. The van der Waals surface area contributed by atoms with E-state index in [0.717, 1.165) is 30.6 Å². The van der Waals surface area contributed by atoms with Gasteiger partial charge in [0.2, 0.25) is 0 Å². The van der Waals surface area contributed by atoms with Crippen LogP contribution in [0.2, 0.25) is 0 Å². The van der Waals surface area contributed by atoms with Crippen molar-refractivity contribution in [3.63, 3.8) is 0 Å². The van der Waals surface area contributed by atoms with Gasteiger partial charge in [-0.2, -0.15) is 0 Å². The molecule has 4 rings (SSSR count). The van der Waals surface area contributed by atoms with Crippen molar-refractivity contribution in [1.29, 1.82) is 0 Å². The fourth-order valence-electron chi connectivity index (χ4n) is 3.30. The highest BCUT2D eigenvalue weighted by atomic mass is 16.3. The van der Waals surface area contributed by atoms with Crippen molar-refractivity contribution in [2.24, 2.45) is 0 Å². The Labute approximate surface area is 119 Å². The van der Waals surface area contributed by atoms with Gasteiger partial charge in [0.05, 0.1) is 0 Å². The van der Waals surface area contributed by atoms with Gasteiger partial charge in [-0.25, -0.2) is 0 Å². The minimum absolute atomic E-state index is 0.508. The molecule has 0 bridgehead atoms. The Morgan fingerprint density at radius 2 is 2.10 bits per heavy atom. The summed E-state index contributed by atoms with van der Waals surface area (Å²) in [4.78, 5) is 0. The van der Waals surface area contributed by atoms with E-state index in [0.29, 0.717) is 5.92 Å². The first kappa shape index (κ1) is 11.8. The molecule has 0 saturated carbocycles. The summed E-state index contributed by atoms with van der Waals surface area (Å²) in [6.07, 6.45) is 14.5. The van der Waals surface area contributed by atoms with E-state index in [9.17, 15) is 0 Å². The topological polar surface area (TPSA) is 13.1 Å². The van der Waals surface area contributed by atoms with Crippen LogP contribution in [-0.4, -0.2) is 0 Å². The molecule has 100 valence electrons. The van der Waals surface area contributed by atoms with Crippen LogP contribution in [0.5, 0.6) is 0 Å². The van der Waals surface area contributed by atoms with Crippen molar-refractivity contribution < 1.29 is 4.42 Å². The van der Waals surface area contributed by atoms with E-state index in [4.69, 9.17) is 4.42 Å². The van der Waals surface area contributed by atoms with Crippen molar-refractivity contribution in [3.8, 4) is 0 Å². The summed E-state index contributed by atoms with van der Waals surface area (Å²) < 4.78 is 5.94. The number of furan rings is 1. The maximum atomic E-state index is 5.94. The second kappa shape index (κ2) is 4.52. The van der Waals surface area contributed by atoms with E-state index in [1.807, 2.05) is 0 Å². The van der Waals surface area contributed by atoms with Crippen LogP contribution in [0.15, 0.2) is 52.5 Å². The molecule has 2 aliphatic carbocycles. The third kappa shape index (κ3) is 1.85. The van der Waals surface area contributed by atoms with Gasteiger partial charge in [0.25, 0.3) is 0 Å². The summed E-state index contributed by atoms with van der Waals surface area (Å²) in [5, 5.41) is 1.31. The highest BCUT2D eigenvalue weighted by Crippen LogP contribution is 2.35. The second-order valence-electron chi connectivity index (χ2n) is 5.80. The summed E-state index contributed by atoms with van der Waals surface area (Å²) >= 11 is 0. The monoisotopic (exact) mass is 262 g/mol. The molecule has 0 amide bonds. The zero-order valence-electron chi connectivity index (χ0n) is 11.7. The predicted octanol–water partition coefficient (Wildman–Crippen LogP) is 5.38. The second-order valence-corrected chi connectivity index (χ2v) is 5.80. The molecule has 1 heteroatoms. The lowest BCUT2D eigenvalue weighted by Crippen LogP contribution is -1.98. The molecule has 1 heterocycles. The first-order valence-electron chi connectivity index (χ1n) is 7.38. The molecule has 20 heavy (non-hydrogen) atoms. The molecule has 1 nitrogen and oxygen atoms in total. The summed E-state index contributed by atoms with van der Waals surface area (Å²) in [7, 11) is 0. The van der Waals surface area contributed by atoms with Crippen molar-refractivity contribution in [2.45, 2.75) is 32.1 Å². The van der Waals surface area contributed by atoms with E-state index >= 15 is 0 Å². The van der Waals surface area contributed by atoms with Crippen LogP contribution in [0.1, 0.15) is 42.6 Å². The van der Waals surface area contributed by atoms with Crippen LogP contribution in [0.25, 0.3) is 17.0 Å². The molecule has 2 aromatic rings. The predicted molar refractivity (Wildman–Crippen MR) is 83.8 cm³/mol. The van der Waals surface area contributed by atoms with Gasteiger partial charge in [0.1, 0.15) is 11.3 Å². The molecule has 0 fully saturated rings. The minimum atomic E-state index is 0.508. The van der Waals surface area contributed by atoms with Gasteiger partial charge >= 0.3 is 0 Å². The highest BCUT2D eigenvalue weighted by Gasteiger charge is 2.17. The molecular weight excluding hydrogens is 244 g/mol. The van der Waals surface area contributed by atoms with Crippen LogP contribution in [-0.2, 0) is 6.42 Å². The largest absolute Gasteiger partial charge is 0.456 e. The van der Waals surface area contributed by atoms with Crippen molar-refractivity contribution in [3.05, 3.63) is 65.0 Å². The van der Waals surface area contributed by atoms with Crippen LogP contribution >= 0.6 is 0 Å². The molecule has 2 aliphatic rings. The highest BCUT2D eigenvalue weighted by molar-refractivity contribution is 5.86. The van der Waals surface area contributed by atoms with Crippen molar-refractivity contribution in [1.82, 2.24) is 0 Å². The summed E-state index contributed by atoms with van der Waals surface area (Å²) in [6.45, 7) is 2.17. The fourth-order valence-corrected chi connectivity index (χ4v) is 3.30.